The molecule has 1 aromatic heterocycles. The van der Waals surface area contributed by atoms with Gasteiger partial charge in [-0.2, -0.15) is 0 Å². The van der Waals surface area contributed by atoms with Crippen LogP contribution in [-0.2, 0) is 0 Å². The van der Waals surface area contributed by atoms with E-state index in [4.69, 9.17) is 4.42 Å². The van der Waals surface area contributed by atoms with E-state index in [1.165, 1.54) is 16.7 Å². The fraction of sp³-hybridized carbons (Fsp3) is 0.300. The van der Waals surface area contributed by atoms with E-state index in [0.29, 0.717) is 12.2 Å². The second kappa shape index (κ2) is 8.40. The molecular weight excluding hydrogens is 272 g/mol. The summed E-state index contributed by atoms with van der Waals surface area (Å²) in [6.07, 6.45) is 7.72. The highest BCUT2D eigenvalue weighted by Gasteiger charge is 2.07. The standard InChI is InChI=1S/C20H24O2/c1-3-17(16(2)18-11-5-4-6-12-18)10-7-8-13-19(21)20-14-9-15-22-20/h4-9,11-12,14-15,19,21H,3,10,13H2,1-2H3/b8-7+,17-16+. The Bertz CT molecular complexity index is 606. The Morgan fingerprint density at radius 2 is 1.91 bits per heavy atom. The van der Waals surface area contributed by atoms with Crippen molar-refractivity contribution in [1.82, 2.24) is 0 Å². The molecule has 0 aliphatic carbocycles. The van der Waals surface area contributed by atoms with Gasteiger partial charge in [-0.05, 0) is 49.5 Å². The Kier molecular flexibility index (Phi) is 6.23. The van der Waals surface area contributed by atoms with Gasteiger partial charge in [-0.3, -0.25) is 0 Å². The van der Waals surface area contributed by atoms with Gasteiger partial charge >= 0.3 is 0 Å². The number of hydrogen-bond acceptors (Lipinski definition) is 2. The van der Waals surface area contributed by atoms with Crippen molar-refractivity contribution in [3.8, 4) is 0 Å². The molecule has 0 saturated carbocycles. The van der Waals surface area contributed by atoms with Crippen molar-refractivity contribution in [3.63, 3.8) is 0 Å². The second-order valence-corrected chi connectivity index (χ2v) is 5.39. The van der Waals surface area contributed by atoms with E-state index in [1.807, 2.05) is 12.1 Å². The summed E-state index contributed by atoms with van der Waals surface area (Å²) in [5.74, 6) is 0.622. The molecule has 0 radical (unpaired) electrons. The largest absolute Gasteiger partial charge is 0.467 e. The smallest absolute Gasteiger partial charge is 0.132 e. The van der Waals surface area contributed by atoms with Crippen molar-refractivity contribution in [2.45, 2.75) is 39.2 Å². The monoisotopic (exact) mass is 296 g/mol. The lowest BCUT2D eigenvalue weighted by molar-refractivity contribution is 0.153. The van der Waals surface area contributed by atoms with Crippen LogP contribution in [0.1, 0.15) is 50.5 Å². The fourth-order valence-corrected chi connectivity index (χ4v) is 2.50. The summed E-state index contributed by atoms with van der Waals surface area (Å²) < 4.78 is 5.20. The summed E-state index contributed by atoms with van der Waals surface area (Å²) in [6, 6.07) is 14.1. The predicted octanol–water partition coefficient (Wildman–Crippen LogP) is 5.53. The molecule has 22 heavy (non-hydrogen) atoms. The van der Waals surface area contributed by atoms with Gasteiger partial charge in [0.2, 0.25) is 0 Å². The maximum Gasteiger partial charge on any atom is 0.132 e. The average molecular weight is 296 g/mol. The number of rotatable bonds is 7. The molecule has 0 spiro atoms. The average Bonchev–Trinajstić information content (AvgIpc) is 3.09. The van der Waals surface area contributed by atoms with Crippen LogP contribution >= 0.6 is 0 Å². The molecule has 0 aliphatic heterocycles. The highest BCUT2D eigenvalue weighted by atomic mass is 16.4. The maximum absolute atomic E-state index is 9.96. The molecule has 0 fully saturated rings. The van der Waals surface area contributed by atoms with Crippen LogP contribution < -0.4 is 0 Å². The van der Waals surface area contributed by atoms with E-state index in [-0.39, 0.29) is 0 Å². The van der Waals surface area contributed by atoms with E-state index < -0.39 is 6.10 Å². The lowest BCUT2D eigenvalue weighted by atomic mass is 9.97. The van der Waals surface area contributed by atoms with E-state index in [1.54, 1.807) is 18.4 Å². The number of aliphatic hydroxyl groups is 1. The Morgan fingerprint density at radius 1 is 1.14 bits per heavy atom. The third-order valence-electron chi connectivity index (χ3n) is 3.93. The van der Waals surface area contributed by atoms with Crippen LogP contribution in [-0.4, -0.2) is 5.11 Å². The topological polar surface area (TPSA) is 33.4 Å². The summed E-state index contributed by atoms with van der Waals surface area (Å²) in [5.41, 5.74) is 4.05. The van der Waals surface area contributed by atoms with Gasteiger partial charge in [0.1, 0.15) is 11.9 Å². The molecule has 2 rings (SSSR count). The van der Waals surface area contributed by atoms with Crippen molar-refractivity contribution in [1.29, 1.82) is 0 Å². The quantitative estimate of drug-likeness (QED) is 0.681. The van der Waals surface area contributed by atoms with Crippen LogP contribution in [0.5, 0.6) is 0 Å². The minimum atomic E-state index is -0.560. The summed E-state index contributed by atoms with van der Waals surface area (Å²) in [7, 11) is 0. The van der Waals surface area contributed by atoms with Crippen LogP contribution in [0, 0.1) is 0 Å². The first-order valence-electron chi connectivity index (χ1n) is 7.83. The Hall–Kier alpha value is -2.06. The molecule has 0 amide bonds. The number of aliphatic hydroxyl groups excluding tert-OH is 1. The predicted molar refractivity (Wildman–Crippen MR) is 91.4 cm³/mol. The van der Waals surface area contributed by atoms with Gasteiger partial charge in [0.25, 0.3) is 0 Å². The third kappa shape index (κ3) is 4.47. The summed E-state index contributed by atoms with van der Waals surface area (Å²) >= 11 is 0. The van der Waals surface area contributed by atoms with Crippen molar-refractivity contribution < 1.29 is 9.52 Å². The summed E-state index contributed by atoms with van der Waals surface area (Å²) in [5, 5.41) is 9.96. The number of hydrogen-bond donors (Lipinski definition) is 1. The summed E-state index contributed by atoms with van der Waals surface area (Å²) in [6.45, 7) is 4.37. The molecule has 2 heteroatoms. The van der Waals surface area contributed by atoms with Gasteiger partial charge in [-0.25, -0.2) is 0 Å². The van der Waals surface area contributed by atoms with Crippen LogP contribution in [0.3, 0.4) is 0 Å². The number of furan rings is 1. The molecule has 1 heterocycles. The molecule has 1 N–H and O–H groups in total. The Morgan fingerprint density at radius 3 is 2.55 bits per heavy atom. The van der Waals surface area contributed by atoms with Crippen LogP contribution in [0.2, 0.25) is 0 Å². The van der Waals surface area contributed by atoms with Crippen molar-refractivity contribution in [3.05, 3.63) is 77.8 Å². The summed E-state index contributed by atoms with van der Waals surface area (Å²) in [4.78, 5) is 0. The second-order valence-electron chi connectivity index (χ2n) is 5.39. The lowest BCUT2D eigenvalue weighted by Gasteiger charge is -2.09. The van der Waals surface area contributed by atoms with Crippen LogP contribution in [0.4, 0.5) is 0 Å². The van der Waals surface area contributed by atoms with E-state index in [2.05, 4.69) is 44.2 Å². The molecular formula is C20H24O2. The molecule has 0 saturated heterocycles. The molecule has 1 unspecified atom stereocenters. The molecule has 1 aromatic carbocycles. The zero-order valence-corrected chi connectivity index (χ0v) is 13.3. The van der Waals surface area contributed by atoms with Crippen molar-refractivity contribution in [2.75, 3.05) is 0 Å². The Balaban J connectivity index is 1.95. The van der Waals surface area contributed by atoms with E-state index >= 15 is 0 Å². The zero-order chi connectivity index (χ0) is 15.8. The van der Waals surface area contributed by atoms with Gasteiger partial charge in [0.15, 0.2) is 0 Å². The first kappa shape index (κ1) is 16.3. The van der Waals surface area contributed by atoms with Gasteiger partial charge < -0.3 is 9.52 Å². The van der Waals surface area contributed by atoms with Crippen LogP contribution in [0.25, 0.3) is 5.57 Å². The molecule has 1 atom stereocenters. The lowest BCUT2D eigenvalue weighted by Crippen LogP contribution is -1.93. The molecule has 2 aromatic rings. The van der Waals surface area contributed by atoms with Crippen molar-refractivity contribution in [2.24, 2.45) is 0 Å². The van der Waals surface area contributed by atoms with E-state index in [9.17, 15) is 5.11 Å². The SMILES string of the molecule is CC/C(C/C=C/CC(O)c1ccco1)=C(/C)c1ccccc1. The first-order chi connectivity index (χ1) is 10.7. The van der Waals surface area contributed by atoms with Crippen molar-refractivity contribution >= 4 is 5.57 Å². The van der Waals surface area contributed by atoms with Gasteiger partial charge in [-0.1, -0.05) is 55.0 Å². The zero-order valence-electron chi connectivity index (χ0n) is 13.3. The highest BCUT2D eigenvalue weighted by molar-refractivity contribution is 5.67. The first-order valence-corrected chi connectivity index (χ1v) is 7.83. The minimum absolute atomic E-state index is 0.560. The maximum atomic E-state index is 9.96. The molecule has 2 nitrogen and oxygen atoms in total. The fourth-order valence-electron chi connectivity index (χ4n) is 2.50. The normalized spacial score (nSPS) is 14.1. The number of benzene rings is 1. The minimum Gasteiger partial charge on any atom is -0.467 e. The number of allylic oxidation sites excluding steroid dienone is 3. The molecule has 0 aliphatic rings. The van der Waals surface area contributed by atoms with Crippen LogP contribution in [0.15, 0.2) is 70.9 Å². The highest BCUT2D eigenvalue weighted by Crippen LogP contribution is 2.23. The Labute approximate surface area is 132 Å². The van der Waals surface area contributed by atoms with E-state index in [0.717, 1.165) is 12.8 Å². The third-order valence-corrected chi connectivity index (χ3v) is 3.93. The van der Waals surface area contributed by atoms with Gasteiger partial charge in [0.05, 0.1) is 6.26 Å². The molecule has 0 bridgehead atoms. The van der Waals surface area contributed by atoms with Gasteiger partial charge in [-0.15, -0.1) is 0 Å². The van der Waals surface area contributed by atoms with Gasteiger partial charge in [0, 0.05) is 0 Å². The molecule has 116 valence electrons.